The standard InChI is InChI=1S/C13H25NO3/c1-10(2)4-7-17-11(3)12(16)14-8-13(9-15)5-6-13/h10-11,15H,4-9H2,1-3H3,(H,14,16). The van der Waals surface area contributed by atoms with E-state index in [1.54, 1.807) is 6.92 Å². The third-order valence-corrected chi connectivity index (χ3v) is 3.36. The van der Waals surface area contributed by atoms with Gasteiger partial charge in [0, 0.05) is 18.6 Å². The first kappa shape index (κ1) is 14.5. The summed E-state index contributed by atoms with van der Waals surface area (Å²) in [6.07, 6.45) is 2.58. The first-order valence-electron chi connectivity index (χ1n) is 6.49. The Bertz CT molecular complexity index is 249. The fourth-order valence-corrected chi connectivity index (χ4v) is 1.54. The maximum Gasteiger partial charge on any atom is 0.248 e. The maximum absolute atomic E-state index is 11.7. The minimum Gasteiger partial charge on any atom is -0.396 e. The molecule has 1 atom stereocenters. The molecule has 0 aromatic rings. The highest BCUT2D eigenvalue weighted by atomic mass is 16.5. The van der Waals surface area contributed by atoms with E-state index in [1.165, 1.54) is 0 Å². The van der Waals surface area contributed by atoms with Crippen molar-refractivity contribution in [1.82, 2.24) is 5.32 Å². The van der Waals surface area contributed by atoms with E-state index in [9.17, 15) is 4.79 Å². The van der Waals surface area contributed by atoms with Crippen LogP contribution in [0.3, 0.4) is 0 Å². The van der Waals surface area contributed by atoms with Crippen molar-refractivity contribution in [3.8, 4) is 0 Å². The van der Waals surface area contributed by atoms with E-state index in [0.29, 0.717) is 19.1 Å². The first-order chi connectivity index (χ1) is 7.99. The molecule has 0 spiro atoms. The average Bonchev–Trinajstić information content (AvgIpc) is 3.06. The van der Waals surface area contributed by atoms with Crippen LogP contribution < -0.4 is 5.32 Å². The van der Waals surface area contributed by atoms with E-state index < -0.39 is 6.10 Å². The van der Waals surface area contributed by atoms with Crippen LogP contribution in [0.2, 0.25) is 0 Å². The Labute approximate surface area is 104 Å². The minimum absolute atomic E-state index is 0.0344. The van der Waals surface area contributed by atoms with E-state index in [2.05, 4.69) is 19.2 Å². The highest BCUT2D eigenvalue weighted by Crippen LogP contribution is 2.44. The van der Waals surface area contributed by atoms with Crippen LogP contribution in [0.15, 0.2) is 0 Å². The summed E-state index contributed by atoms with van der Waals surface area (Å²) in [5, 5.41) is 12.0. The third-order valence-electron chi connectivity index (χ3n) is 3.36. The van der Waals surface area contributed by atoms with Gasteiger partial charge in [-0.3, -0.25) is 4.79 Å². The second kappa shape index (κ2) is 6.36. The molecule has 0 aromatic heterocycles. The van der Waals surface area contributed by atoms with Crippen molar-refractivity contribution in [3.05, 3.63) is 0 Å². The van der Waals surface area contributed by atoms with Gasteiger partial charge in [0.25, 0.3) is 0 Å². The molecule has 1 unspecified atom stereocenters. The first-order valence-corrected chi connectivity index (χ1v) is 6.49. The number of aliphatic hydroxyl groups excluding tert-OH is 1. The summed E-state index contributed by atoms with van der Waals surface area (Å²) >= 11 is 0. The van der Waals surface area contributed by atoms with Gasteiger partial charge in [-0.15, -0.1) is 0 Å². The zero-order valence-corrected chi connectivity index (χ0v) is 11.2. The van der Waals surface area contributed by atoms with Crippen LogP contribution in [0.1, 0.15) is 40.0 Å². The molecule has 0 saturated heterocycles. The van der Waals surface area contributed by atoms with Crippen LogP contribution in [-0.2, 0) is 9.53 Å². The number of carbonyl (C=O) groups is 1. The molecule has 4 nitrogen and oxygen atoms in total. The van der Waals surface area contributed by atoms with Crippen LogP contribution in [0, 0.1) is 11.3 Å². The topological polar surface area (TPSA) is 58.6 Å². The predicted octanol–water partition coefficient (Wildman–Crippen LogP) is 1.33. The average molecular weight is 243 g/mol. The monoisotopic (exact) mass is 243 g/mol. The molecule has 0 radical (unpaired) electrons. The molecule has 4 heteroatoms. The third kappa shape index (κ3) is 5.04. The SMILES string of the molecule is CC(C)CCOC(C)C(=O)NCC1(CO)CC1. The van der Waals surface area contributed by atoms with Gasteiger partial charge in [-0.1, -0.05) is 13.8 Å². The Morgan fingerprint density at radius 2 is 2.06 bits per heavy atom. The lowest BCUT2D eigenvalue weighted by Gasteiger charge is -2.17. The number of hydrogen-bond acceptors (Lipinski definition) is 3. The molecule has 0 bridgehead atoms. The van der Waals surface area contributed by atoms with Crippen LogP contribution in [0.5, 0.6) is 0 Å². The summed E-state index contributed by atoms with van der Waals surface area (Å²) in [5.41, 5.74) is -0.0344. The van der Waals surface area contributed by atoms with E-state index in [4.69, 9.17) is 9.84 Å². The van der Waals surface area contributed by atoms with Gasteiger partial charge in [-0.2, -0.15) is 0 Å². The Morgan fingerprint density at radius 3 is 2.53 bits per heavy atom. The number of amides is 1. The lowest BCUT2D eigenvalue weighted by molar-refractivity contribution is -0.132. The number of aliphatic hydroxyl groups is 1. The molecule has 1 fully saturated rings. The van der Waals surface area contributed by atoms with Crippen molar-refractivity contribution in [2.75, 3.05) is 19.8 Å². The molecular formula is C13H25NO3. The van der Waals surface area contributed by atoms with Gasteiger partial charge in [-0.25, -0.2) is 0 Å². The number of ether oxygens (including phenoxy) is 1. The summed E-state index contributed by atoms with van der Waals surface area (Å²) in [4.78, 5) is 11.7. The molecule has 100 valence electrons. The molecule has 1 aliphatic rings. The smallest absolute Gasteiger partial charge is 0.248 e. The molecule has 0 heterocycles. The molecule has 1 rings (SSSR count). The molecule has 17 heavy (non-hydrogen) atoms. The van der Waals surface area contributed by atoms with Gasteiger partial charge in [-0.05, 0) is 32.1 Å². The fourth-order valence-electron chi connectivity index (χ4n) is 1.54. The number of nitrogens with one attached hydrogen (secondary N) is 1. The molecule has 2 N–H and O–H groups in total. The second-order valence-electron chi connectivity index (χ2n) is 5.57. The van der Waals surface area contributed by atoms with Crippen LogP contribution >= 0.6 is 0 Å². The Kier molecular flexibility index (Phi) is 5.40. The van der Waals surface area contributed by atoms with Crippen molar-refractivity contribution in [1.29, 1.82) is 0 Å². The van der Waals surface area contributed by atoms with Crippen LogP contribution in [0.25, 0.3) is 0 Å². The number of rotatable bonds is 8. The van der Waals surface area contributed by atoms with E-state index in [1.807, 2.05) is 0 Å². The van der Waals surface area contributed by atoms with Gasteiger partial charge >= 0.3 is 0 Å². The van der Waals surface area contributed by atoms with E-state index in [-0.39, 0.29) is 17.9 Å². The fraction of sp³-hybridized carbons (Fsp3) is 0.923. The Hall–Kier alpha value is -0.610. The van der Waals surface area contributed by atoms with Crippen LogP contribution in [0.4, 0.5) is 0 Å². The Balaban J connectivity index is 2.14. The molecule has 1 amide bonds. The lowest BCUT2D eigenvalue weighted by Crippen LogP contribution is -2.39. The van der Waals surface area contributed by atoms with Crippen molar-refractivity contribution >= 4 is 5.91 Å². The van der Waals surface area contributed by atoms with Gasteiger partial charge in [0.1, 0.15) is 6.10 Å². The molecule has 1 aliphatic carbocycles. The normalized spacial score (nSPS) is 19.1. The lowest BCUT2D eigenvalue weighted by atomic mass is 10.1. The van der Waals surface area contributed by atoms with Crippen molar-refractivity contribution in [2.45, 2.75) is 46.1 Å². The zero-order chi connectivity index (χ0) is 12.9. The summed E-state index contributed by atoms with van der Waals surface area (Å²) < 4.78 is 5.46. The largest absolute Gasteiger partial charge is 0.396 e. The van der Waals surface area contributed by atoms with Gasteiger partial charge in [0.05, 0.1) is 6.61 Å². The highest BCUT2D eigenvalue weighted by Gasteiger charge is 2.42. The molecule has 0 aliphatic heterocycles. The number of hydrogen-bond donors (Lipinski definition) is 2. The zero-order valence-electron chi connectivity index (χ0n) is 11.2. The molecule has 0 aromatic carbocycles. The van der Waals surface area contributed by atoms with Crippen molar-refractivity contribution < 1.29 is 14.6 Å². The highest BCUT2D eigenvalue weighted by molar-refractivity contribution is 5.80. The maximum atomic E-state index is 11.7. The summed E-state index contributed by atoms with van der Waals surface area (Å²) in [6.45, 7) is 7.39. The summed E-state index contributed by atoms with van der Waals surface area (Å²) in [7, 11) is 0. The minimum atomic E-state index is -0.400. The van der Waals surface area contributed by atoms with E-state index >= 15 is 0 Å². The second-order valence-corrected chi connectivity index (χ2v) is 5.57. The van der Waals surface area contributed by atoms with Crippen molar-refractivity contribution in [2.24, 2.45) is 11.3 Å². The summed E-state index contributed by atoms with van der Waals surface area (Å²) in [5.74, 6) is 0.517. The Morgan fingerprint density at radius 1 is 1.41 bits per heavy atom. The molecule has 1 saturated carbocycles. The summed E-state index contributed by atoms with van der Waals surface area (Å²) in [6, 6.07) is 0. The number of carbonyl (C=O) groups excluding carboxylic acids is 1. The van der Waals surface area contributed by atoms with E-state index in [0.717, 1.165) is 19.3 Å². The predicted molar refractivity (Wildman–Crippen MR) is 66.6 cm³/mol. The van der Waals surface area contributed by atoms with Gasteiger partial charge in [0.2, 0.25) is 5.91 Å². The quantitative estimate of drug-likeness (QED) is 0.676. The molecular weight excluding hydrogens is 218 g/mol. The van der Waals surface area contributed by atoms with Gasteiger partial charge in [0.15, 0.2) is 0 Å². The van der Waals surface area contributed by atoms with Gasteiger partial charge < -0.3 is 15.2 Å². The van der Waals surface area contributed by atoms with Crippen molar-refractivity contribution in [3.63, 3.8) is 0 Å². The van der Waals surface area contributed by atoms with Crippen LogP contribution in [-0.4, -0.2) is 36.9 Å².